The second-order valence-electron chi connectivity index (χ2n) is 18.7. The highest BCUT2D eigenvalue weighted by Gasteiger charge is 2.37. The van der Waals surface area contributed by atoms with E-state index in [1.54, 1.807) is 44.2 Å². The van der Waals surface area contributed by atoms with Crippen molar-refractivity contribution in [3.63, 3.8) is 0 Å². The average molecular weight is 1140 g/mol. The Labute approximate surface area is 461 Å². The first-order valence-corrected chi connectivity index (χ1v) is 27.2. The van der Waals surface area contributed by atoms with Crippen molar-refractivity contribution in [2.24, 2.45) is 11.7 Å². The number of rotatable bonds is 20. The van der Waals surface area contributed by atoms with E-state index in [4.69, 9.17) is 5.73 Å². The number of primary amides is 1. The van der Waals surface area contributed by atoms with Crippen LogP contribution in [0.3, 0.4) is 0 Å². The van der Waals surface area contributed by atoms with Gasteiger partial charge in [0.05, 0.1) is 19.6 Å². The van der Waals surface area contributed by atoms with Crippen molar-refractivity contribution in [1.82, 2.24) is 47.9 Å². The molecule has 1 aliphatic heterocycles. The minimum absolute atomic E-state index is 0.0502. The highest BCUT2D eigenvalue weighted by atomic mass is 33.1. The smallest absolute Gasteiger partial charge is 0.305 e. The summed E-state index contributed by atoms with van der Waals surface area (Å²) in [4.78, 5) is 149. The predicted octanol–water partition coefficient (Wildman–Crippen LogP) is -3.11. The number of aromatic hydroxyl groups is 2. The Morgan fingerprint density at radius 3 is 1.62 bits per heavy atom. The zero-order chi connectivity index (χ0) is 58.3. The minimum Gasteiger partial charge on any atom is -0.508 e. The number of carboxylic acid groups (broad SMARTS) is 1. The third-order valence-corrected chi connectivity index (χ3v) is 14.2. The maximum Gasteiger partial charge on any atom is 0.305 e. The van der Waals surface area contributed by atoms with Gasteiger partial charge in [0.15, 0.2) is 0 Å². The SMILES string of the molecule is CC(=O)N[C@@H](Cc1ccccc1)C(=O)N[C@H]1CSSC[C@@H](C(=O)N[C@@H](Cc2ccc(O)cc2)C(=O)N[C@@H](CC(C)C)C(N)=O)NC(=O)[C@H](CO)NC(=O)[C@H](Cc2ccc(O)cc2)NC(=O)[C@H](CC(=O)O)NC(=O)[C@H](CO)NC1=O. The van der Waals surface area contributed by atoms with Crippen LogP contribution in [0.15, 0.2) is 78.9 Å². The molecule has 16 N–H and O–H groups in total. The standard InChI is InChI=1S/C51H66N10O16S2/c1-26(2)17-33(43(52)69)54-45(71)35(19-29-9-13-31(65)14-10-29)56-50(76)40-24-78-79-25-41(60-44(70)34(53-27(3)64)18-28-7-5-4-6-8-28)51(77)59-38(22-62)48(74)57-37(21-42(67)68)47(73)55-36(20-30-11-15-32(66)16-12-30)46(72)58-39(23-63)49(75)61-40/h4-16,26,33-41,62-63,65-66H,17-25H2,1-3H3,(H2,52,69)(H,53,64)(H,54,71)(H,55,73)(H,56,76)(H,57,74)(H,58,72)(H,59,77)(H,60,70)(H,61,75)(H,67,68)/t33-,34-,35-,36-,37-,38-,39-,40-,41-/m0/s1. The summed E-state index contributed by atoms with van der Waals surface area (Å²) in [6.07, 6.45) is -1.68. The largest absolute Gasteiger partial charge is 0.508 e. The van der Waals surface area contributed by atoms with Crippen LogP contribution in [0.4, 0.5) is 0 Å². The molecule has 9 atom stereocenters. The molecule has 0 aliphatic carbocycles. The van der Waals surface area contributed by atoms with Gasteiger partial charge in [0.2, 0.25) is 59.1 Å². The molecule has 26 nitrogen and oxygen atoms in total. The number of aliphatic hydroxyl groups is 2. The van der Waals surface area contributed by atoms with Gasteiger partial charge in [-0.15, -0.1) is 0 Å². The number of carbonyl (C=O) groups excluding carboxylic acids is 10. The summed E-state index contributed by atoms with van der Waals surface area (Å²) in [6, 6.07) is 4.61. The lowest BCUT2D eigenvalue weighted by molar-refractivity contribution is -0.141. The molecule has 1 heterocycles. The van der Waals surface area contributed by atoms with Crippen LogP contribution in [-0.2, 0) is 72.0 Å². The summed E-state index contributed by atoms with van der Waals surface area (Å²) in [5.74, 6) is -13.1. The summed E-state index contributed by atoms with van der Waals surface area (Å²) >= 11 is 0. The van der Waals surface area contributed by atoms with E-state index in [9.17, 15) is 78.3 Å². The quantitative estimate of drug-likeness (QED) is 0.0498. The van der Waals surface area contributed by atoms with Crippen molar-refractivity contribution in [1.29, 1.82) is 0 Å². The molecule has 0 bridgehead atoms. The number of amides is 10. The van der Waals surface area contributed by atoms with Gasteiger partial charge in [0.1, 0.15) is 65.9 Å². The van der Waals surface area contributed by atoms with Crippen molar-refractivity contribution in [2.75, 3.05) is 24.7 Å². The Morgan fingerprint density at radius 1 is 0.595 bits per heavy atom. The number of nitrogens with one attached hydrogen (secondary N) is 9. The Kier molecular flexibility index (Phi) is 25.3. The fraction of sp³-hybridized carbons (Fsp3) is 0.431. The summed E-state index contributed by atoms with van der Waals surface area (Å²) in [5.41, 5.74) is 6.96. The number of benzene rings is 3. The molecule has 1 aliphatic rings. The van der Waals surface area contributed by atoms with Crippen LogP contribution in [0.25, 0.3) is 0 Å². The topological polar surface area (TPSA) is 423 Å². The zero-order valence-corrected chi connectivity index (χ0v) is 44.9. The molecule has 0 saturated carbocycles. The number of carbonyl (C=O) groups is 11. The molecule has 0 aromatic heterocycles. The Hall–Kier alpha value is -7.95. The molecule has 4 rings (SSSR count). The first kappa shape index (κ1) is 63.6. The third-order valence-electron chi connectivity index (χ3n) is 11.8. The van der Waals surface area contributed by atoms with Gasteiger partial charge in [-0.05, 0) is 53.3 Å². The van der Waals surface area contributed by atoms with E-state index in [0.29, 0.717) is 16.7 Å². The highest BCUT2D eigenvalue weighted by molar-refractivity contribution is 8.76. The number of hydrogen-bond acceptors (Lipinski definition) is 17. The zero-order valence-electron chi connectivity index (χ0n) is 43.3. The number of carboxylic acids is 1. The van der Waals surface area contributed by atoms with E-state index in [1.165, 1.54) is 48.5 Å². The van der Waals surface area contributed by atoms with Crippen LogP contribution >= 0.6 is 21.6 Å². The number of aliphatic hydroxyl groups excluding tert-OH is 2. The third kappa shape index (κ3) is 21.4. The summed E-state index contributed by atoms with van der Waals surface area (Å²) in [5, 5.41) is 72.3. The van der Waals surface area contributed by atoms with Crippen molar-refractivity contribution in [3.05, 3.63) is 95.6 Å². The second kappa shape index (κ2) is 31.5. The van der Waals surface area contributed by atoms with Crippen LogP contribution in [0.5, 0.6) is 11.5 Å². The molecule has 3 aromatic rings. The van der Waals surface area contributed by atoms with Gasteiger partial charge in [0, 0.05) is 37.7 Å². The number of nitrogens with two attached hydrogens (primary N) is 1. The van der Waals surface area contributed by atoms with Gasteiger partial charge in [-0.25, -0.2) is 0 Å². The van der Waals surface area contributed by atoms with Crippen LogP contribution in [0.2, 0.25) is 0 Å². The molecule has 3 aromatic carbocycles. The number of aliphatic carboxylic acids is 1. The lowest BCUT2D eigenvalue weighted by atomic mass is 10.0. The van der Waals surface area contributed by atoms with E-state index in [0.717, 1.165) is 28.5 Å². The Balaban J connectivity index is 1.80. The van der Waals surface area contributed by atoms with Crippen molar-refractivity contribution in [2.45, 2.75) is 107 Å². The van der Waals surface area contributed by atoms with Gasteiger partial charge in [0.25, 0.3) is 0 Å². The summed E-state index contributed by atoms with van der Waals surface area (Å²) < 4.78 is 0. The van der Waals surface area contributed by atoms with E-state index in [-0.39, 0.29) is 36.7 Å². The van der Waals surface area contributed by atoms with E-state index in [2.05, 4.69) is 47.9 Å². The van der Waals surface area contributed by atoms with Crippen molar-refractivity contribution >= 4 is 86.6 Å². The second-order valence-corrected chi connectivity index (χ2v) is 21.3. The number of hydrogen-bond donors (Lipinski definition) is 15. The van der Waals surface area contributed by atoms with E-state index >= 15 is 0 Å². The van der Waals surface area contributed by atoms with E-state index in [1.807, 2.05) is 0 Å². The first-order chi connectivity index (χ1) is 37.5. The maximum absolute atomic E-state index is 14.5. The van der Waals surface area contributed by atoms with Gasteiger partial charge >= 0.3 is 5.97 Å². The summed E-state index contributed by atoms with van der Waals surface area (Å²) in [6.45, 7) is 2.47. The summed E-state index contributed by atoms with van der Waals surface area (Å²) in [7, 11) is 1.67. The monoisotopic (exact) mass is 1140 g/mol. The van der Waals surface area contributed by atoms with Gasteiger partial charge in [-0.2, -0.15) is 0 Å². The molecular formula is C51H66N10O16S2. The highest BCUT2D eigenvalue weighted by Crippen LogP contribution is 2.24. The number of phenolic OH excluding ortho intramolecular Hbond substituents is 2. The van der Waals surface area contributed by atoms with E-state index < -0.39 is 157 Å². The molecule has 28 heteroatoms. The van der Waals surface area contributed by atoms with Crippen LogP contribution in [0.1, 0.15) is 50.3 Å². The van der Waals surface area contributed by atoms with Crippen molar-refractivity contribution in [3.8, 4) is 11.5 Å². The molecule has 1 saturated heterocycles. The Morgan fingerprint density at radius 2 is 1.08 bits per heavy atom. The average Bonchev–Trinajstić information content (AvgIpc) is 3.39. The molecule has 0 radical (unpaired) electrons. The van der Waals surface area contributed by atoms with Crippen molar-refractivity contribution < 1.29 is 78.3 Å². The normalized spacial score (nSPS) is 21.0. The van der Waals surface area contributed by atoms with Crippen LogP contribution in [0, 0.1) is 5.92 Å². The molecular weight excluding hydrogens is 1070 g/mol. The lowest BCUT2D eigenvalue weighted by Gasteiger charge is -2.28. The fourth-order valence-electron chi connectivity index (χ4n) is 7.72. The Bertz CT molecular complexity index is 2630. The molecule has 428 valence electrons. The minimum atomic E-state index is -2.00. The molecule has 0 spiro atoms. The fourth-order valence-corrected chi connectivity index (χ4v) is 10.1. The maximum atomic E-state index is 14.5. The van der Waals surface area contributed by atoms with Gasteiger partial charge in [-0.1, -0.05) is 90.0 Å². The van der Waals surface area contributed by atoms with Crippen LogP contribution < -0.4 is 53.6 Å². The number of phenols is 2. The lowest BCUT2D eigenvalue weighted by Crippen LogP contribution is -2.62. The molecule has 10 amide bonds. The molecule has 79 heavy (non-hydrogen) atoms. The predicted molar refractivity (Wildman–Crippen MR) is 287 cm³/mol. The molecule has 1 fully saturated rings. The van der Waals surface area contributed by atoms with Gasteiger partial charge in [-0.3, -0.25) is 52.7 Å². The molecule has 0 unspecified atom stereocenters. The van der Waals surface area contributed by atoms with Gasteiger partial charge < -0.3 is 79.1 Å². The first-order valence-electron chi connectivity index (χ1n) is 24.7. The van der Waals surface area contributed by atoms with Crippen LogP contribution in [-0.4, -0.2) is 170 Å².